The van der Waals surface area contributed by atoms with E-state index in [0.717, 1.165) is 11.1 Å². The van der Waals surface area contributed by atoms with Gasteiger partial charge >= 0.3 is 0 Å². The number of carbonyl (C=O) groups excluding carboxylic acids is 1. The number of rotatable bonds is 7. The van der Waals surface area contributed by atoms with Crippen LogP contribution in [0.5, 0.6) is 0 Å². The van der Waals surface area contributed by atoms with Crippen molar-refractivity contribution in [2.45, 2.75) is 36.0 Å². The van der Waals surface area contributed by atoms with Crippen LogP contribution in [-0.2, 0) is 28.3 Å². The number of nitrogens with zero attached hydrogens (tertiary/aromatic N) is 3. The van der Waals surface area contributed by atoms with Crippen molar-refractivity contribution in [3.63, 3.8) is 0 Å². The van der Waals surface area contributed by atoms with E-state index in [9.17, 15) is 22.3 Å². The fourth-order valence-corrected chi connectivity index (χ4v) is 7.90. The molecule has 1 saturated heterocycles. The summed E-state index contributed by atoms with van der Waals surface area (Å²) in [4.78, 5) is 19.4. The van der Waals surface area contributed by atoms with Gasteiger partial charge in [0.1, 0.15) is 21.1 Å². The first-order chi connectivity index (χ1) is 17.4. The van der Waals surface area contributed by atoms with Gasteiger partial charge in [-0.05, 0) is 36.6 Å². The number of imidazole rings is 1. The molecule has 14 heteroatoms. The van der Waals surface area contributed by atoms with Crippen molar-refractivity contribution in [2.24, 2.45) is 7.05 Å². The zero-order valence-electron chi connectivity index (χ0n) is 19.8. The Bertz CT molecular complexity index is 1570. The Morgan fingerprint density at radius 1 is 1.22 bits per heavy atom. The van der Waals surface area contributed by atoms with Crippen molar-refractivity contribution in [3.8, 4) is 0 Å². The molecule has 5 rings (SSSR count). The van der Waals surface area contributed by atoms with Crippen molar-refractivity contribution in [3.05, 3.63) is 76.3 Å². The number of nitrogens with one attached hydrogen (secondary N) is 3. The van der Waals surface area contributed by atoms with Crippen molar-refractivity contribution in [2.75, 3.05) is 0 Å². The van der Waals surface area contributed by atoms with Crippen LogP contribution in [0.4, 0.5) is 0 Å². The summed E-state index contributed by atoms with van der Waals surface area (Å²) in [5.74, 6) is 0.00377. The number of amides is 1. The molecule has 0 spiro atoms. The van der Waals surface area contributed by atoms with Gasteiger partial charge in [-0.25, -0.2) is 13.4 Å². The number of H-pyrrole nitrogens is 1. The molecule has 1 aliphatic heterocycles. The van der Waals surface area contributed by atoms with E-state index in [1.165, 1.54) is 4.68 Å². The smallest absolute Gasteiger partial charge is 0.246 e. The quantitative estimate of drug-likeness (QED) is 0.228. The van der Waals surface area contributed by atoms with Crippen LogP contribution in [0.1, 0.15) is 40.4 Å². The summed E-state index contributed by atoms with van der Waals surface area (Å²) < 4.78 is 53.5. The van der Waals surface area contributed by atoms with Gasteiger partial charge in [0.05, 0.1) is 29.2 Å². The lowest BCUT2D eigenvalue weighted by Gasteiger charge is -2.32. The van der Waals surface area contributed by atoms with Crippen LogP contribution >= 0.6 is 22.4 Å². The van der Waals surface area contributed by atoms with E-state index in [1.807, 2.05) is 24.3 Å². The molecule has 1 unspecified atom stereocenters. The second-order valence-electron chi connectivity index (χ2n) is 8.90. The molecule has 196 valence electrons. The van der Waals surface area contributed by atoms with Gasteiger partial charge in [-0.15, -0.1) is 10.8 Å². The molecule has 2 atom stereocenters. The van der Waals surface area contributed by atoms with Crippen LogP contribution in [0.2, 0.25) is 5.15 Å². The summed E-state index contributed by atoms with van der Waals surface area (Å²) >= 11 is 6.26. The highest BCUT2D eigenvalue weighted by Gasteiger charge is 2.38. The number of para-hydroxylation sites is 2. The normalized spacial score (nSPS) is 19.2. The average molecular weight is 565 g/mol. The van der Waals surface area contributed by atoms with E-state index in [1.54, 1.807) is 38.2 Å². The average Bonchev–Trinajstić information content (AvgIpc) is 3.46. The monoisotopic (exact) mass is 564 g/mol. The molecule has 0 radical (unpaired) electrons. The third-order valence-corrected chi connectivity index (χ3v) is 10.2. The minimum absolute atomic E-state index is 0.00332. The molecule has 0 bridgehead atoms. The number of benzene rings is 2. The van der Waals surface area contributed by atoms with Crippen molar-refractivity contribution in [1.82, 2.24) is 29.2 Å². The molecule has 11 nitrogen and oxygen atoms in total. The molecule has 1 fully saturated rings. The Morgan fingerprint density at radius 3 is 2.51 bits per heavy atom. The molecule has 1 amide bonds. The minimum Gasteiger partial charge on any atom is -0.341 e. The van der Waals surface area contributed by atoms with E-state index in [-0.39, 0.29) is 28.6 Å². The Balaban J connectivity index is 1.48. The highest BCUT2D eigenvalue weighted by atomic mass is 35.5. The molecule has 0 saturated carbocycles. The third-order valence-electron chi connectivity index (χ3n) is 6.23. The zero-order valence-corrected chi connectivity index (χ0v) is 22.2. The van der Waals surface area contributed by atoms with E-state index in [0.29, 0.717) is 16.9 Å². The molecular weight excluding hydrogens is 540 g/mol. The lowest BCUT2D eigenvalue weighted by Crippen LogP contribution is -2.31. The second-order valence-corrected chi connectivity index (χ2v) is 12.9. The Hall–Kier alpha value is -2.94. The van der Waals surface area contributed by atoms with Gasteiger partial charge in [-0.3, -0.25) is 23.3 Å². The van der Waals surface area contributed by atoms with E-state index < -0.39 is 38.0 Å². The molecule has 2 aromatic heterocycles. The fourth-order valence-electron chi connectivity index (χ4n) is 4.47. The summed E-state index contributed by atoms with van der Waals surface area (Å²) in [7, 11) is -5.79. The number of aromatic nitrogens is 4. The van der Waals surface area contributed by atoms with Gasteiger partial charge in [0.25, 0.3) is 0 Å². The van der Waals surface area contributed by atoms with E-state index >= 15 is 0 Å². The van der Waals surface area contributed by atoms with Gasteiger partial charge in [-0.2, -0.15) is 9.82 Å². The Morgan fingerprint density at radius 2 is 1.92 bits per heavy atom. The van der Waals surface area contributed by atoms with Gasteiger partial charge in [0.2, 0.25) is 15.9 Å². The van der Waals surface area contributed by atoms with E-state index in [2.05, 4.69) is 24.5 Å². The number of fused-ring (bicyclic) bond motifs is 1. The highest BCUT2D eigenvalue weighted by molar-refractivity contribution is 8.23. The van der Waals surface area contributed by atoms with Gasteiger partial charge in [0, 0.05) is 7.05 Å². The maximum atomic E-state index is 13.4. The molecule has 1 aliphatic rings. The molecular formula is C23H25ClN6O5S2. The maximum absolute atomic E-state index is 13.4. The number of halogens is 1. The van der Waals surface area contributed by atoms with Gasteiger partial charge in [-0.1, -0.05) is 48.0 Å². The third kappa shape index (κ3) is 4.98. The Labute approximate surface area is 219 Å². The number of sulfonamides is 1. The predicted molar refractivity (Wildman–Crippen MR) is 141 cm³/mol. The number of aryl methyl sites for hydroxylation is 2. The number of carbonyl (C=O) groups is 1. The first kappa shape index (κ1) is 25.7. The SMILES string of the molecule is Cc1nn(C)c(Cl)c1S(=O)(=O)N[C@@H](Cc1ccc(C2CC(=O)NS2(O)O)cc1)c1nc2ccccc2[nH]1. The van der Waals surface area contributed by atoms with Crippen molar-refractivity contribution >= 4 is 49.3 Å². The lowest BCUT2D eigenvalue weighted by atomic mass is 10.0. The first-order valence-corrected chi connectivity index (χ1v) is 14.7. The molecule has 4 aromatic rings. The predicted octanol–water partition coefficient (Wildman–Crippen LogP) is 3.75. The Kier molecular flexibility index (Phi) is 6.54. The van der Waals surface area contributed by atoms with Crippen LogP contribution in [0.25, 0.3) is 11.0 Å². The van der Waals surface area contributed by atoms with Crippen LogP contribution in [0.3, 0.4) is 0 Å². The summed E-state index contributed by atoms with van der Waals surface area (Å²) in [5, 5.41) is 3.37. The van der Waals surface area contributed by atoms with Crippen LogP contribution in [-0.4, -0.2) is 43.2 Å². The molecule has 5 N–H and O–H groups in total. The topological polar surface area (TPSA) is 162 Å². The molecule has 0 aliphatic carbocycles. The highest BCUT2D eigenvalue weighted by Crippen LogP contribution is 2.56. The van der Waals surface area contributed by atoms with E-state index in [4.69, 9.17) is 11.6 Å². The summed E-state index contributed by atoms with van der Waals surface area (Å²) in [5.41, 5.74) is 3.08. The van der Waals surface area contributed by atoms with Gasteiger partial charge in [0.15, 0.2) is 0 Å². The first-order valence-electron chi connectivity index (χ1n) is 11.3. The molecule has 37 heavy (non-hydrogen) atoms. The lowest BCUT2D eigenvalue weighted by molar-refractivity contribution is -0.118. The van der Waals surface area contributed by atoms with Crippen LogP contribution in [0, 0.1) is 6.92 Å². The van der Waals surface area contributed by atoms with Crippen LogP contribution in [0.15, 0.2) is 53.4 Å². The largest absolute Gasteiger partial charge is 0.341 e. The summed E-state index contributed by atoms with van der Waals surface area (Å²) in [6.07, 6.45) is 0.211. The molecule has 3 heterocycles. The number of aromatic amines is 1. The number of hydrogen-bond acceptors (Lipinski definition) is 7. The van der Waals surface area contributed by atoms with Crippen molar-refractivity contribution in [1.29, 1.82) is 0 Å². The van der Waals surface area contributed by atoms with Gasteiger partial charge < -0.3 is 4.98 Å². The maximum Gasteiger partial charge on any atom is 0.246 e. The fraction of sp³-hybridized carbons (Fsp3) is 0.261. The summed E-state index contributed by atoms with van der Waals surface area (Å²) in [6, 6.07) is 13.5. The standard InChI is InChI=1S/C23H25ClN6O5S2/c1-13-21(22(24)30(2)27-13)37(34,35)28-18(23-25-16-5-3-4-6-17(16)26-23)11-14-7-9-15(10-8-14)19-12-20(31)29-36(19,32)33/h3-10,18-19,28,32-33H,11-12H2,1-2H3,(H,25,26)(H,29,31)/t18-,19?/m0/s1. The van der Waals surface area contributed by atoms with Crippen molar-refractivity contribution < 1.29 is 22.3 Å². The molecule has 2 aromatic carbocycles. The minimum atomic E-state index is -4.08. The van der Waals surface area contributed by atoms with Crippen LogP contribution < -0.4 is 9.44 Å². The number of hydrogen-bond donors (Lipinski definition) is 5. The summed E-state index contributed by atoms with van der Waals surface area (Å²) in [6.45, 7) is 1.57. The zero-order chi connectivity index (χ0) is 26.5. The second kappa shape index (κ2) is 9.42.